The fraction of sp³-hybridized carbons (Fsp3) is 0.400. The Morgan fingerprint density at radius 2 is 1.72 bits per heavy atom. The predicted octanol–water partition coefficient (Wildman–Crippen LogP) is 3.00. The van der Waals surface area contributed by atoms with Gasteiger partial charge in [-0.25, -0.2) is 0 Å². The lowest BCUT2D eigenvalue weighted by atomic mass is 10.1. The zero-order valence-corrected chi connectivity index (χ0v) is 15.2. The number of hydrogen-bond acceptors (Lipinski definition) is 5. The van der Waals surface area contributed by atoms with Crippen LogP contribution in [0, 0.1) is 0 Å². The van der Waals surface area contributed by atoms with Gasteiger partial charge in [0.05, 0.1) is 14.2 Å². The van der Waals surface area contributed by atoms with Crippen molar-refractivity contribution in [2.45, 2.75) is 19.5 Å². The molecule has 2 aromatic rings. The van der Waals surface area contributed by atoms with Gasteiger partial charge in [0.15, 0.2) is 11.5 Å². The first-order valence-corrected chi connectivity index (χ1v) is 8.66. The van der Waals surface area contributed by atoms with Gasteiger partial charge in [-0.15, -0.1) is 0 Å². The van der Waals surface area contributed by atoms with Crippen molar-refractivity contribution < 1.29 is 9.47 Å². The second-order valence-electron chi connectivity index (χ2n) is 6.55. The molecule has 1 heterocycles. The normalized spacial score (nSPS) is 18.2. The highest BCUT2D eigenvalue weighted by molar-refractivity contribution is 5.53. The molecular formula is C20H27N3O2. The van der Waals surface area contributed by atoms with Crippen LogP contribution in [0.3, 0.4) is 0 Å². The van der Waals surface area contributed by atoms with Gasteiger partial charge in [0.2, 0.25) is 0 Å². The summed E-state index contributed by atoms with van der Waals surface area (Å²) in [5.41, 5.74) is 9.08. The molecule has 5 heteroatoms. The van der Waals surface area contributed by atoms with E-state index in [1.165, 1.54) is 11.3 Å². The summed E-state index contributed by atoms with van der Waals surface area (Å²) in [6.07, 6.45) is 0. The molecule has 25 heavy (non-hydrogen) atoms. The summed E-state index contributed by atoms with van der Waals surface area (Å²) in [6, 6.07) is 14.8. The molecule has 1 atom stereocenters. The molecule has 5 nitrogen and oxygen atoms in total. The van der Waals surface area contributed by atoms with Crippen molar-refractivity contribution >= 4 is 11.4 Å². The number of anilines is 2. The van der Waals surface area contributed by atoms with E-state index in [1.807, 2.05) is 18.2 Å². The molecule has 2 aromatic carbocycles. The maximum absolute atomic E-state index is 5.79. The highest BCUT2D eigenvalue weighted by atomic mass is 16.5. The van der Waals surface area contributed by atoms with E-state index in [0.717, 1.165) is 43.4 Å². The molecular weight excluding hydrogens is 314 g/mol. The molecule has 1 aliphatic heterocycles. The molecule has 0 amide bonds. The zero-order valence-electron chi connectivity index (χ0n) is 15.2. The van der Waals surface area contributed by atoms with E-state index in [4.69, 9.17) is 15.2 Å². The van der Waals surface area contributed by atoms with Crippen LogP contribution in [-0.4, -0.2) is 44.8 Å². The Morgan fingerprint density at radius 3 is 2.36 bits per heavy atom. The maximum atomic E-state index is 5.79. The molecule has 0 radical (unpaired) electrons. The van der Waals surface area contributed by atoms with E-state index in [-0.39, 0.29) is 0 Å². The molecule has 0 spiro atoms. The van der Waals surface area contributed by atoms with E-state index in [9.17, 15) is 0 Å². The topological polar surface area (TPSA) is 51.0 Å². The van der Waals surface area contributed by atoms with Crippen LogP contribution < -0.4 is 20.1 Å². The summed E-state index contributed by atoms with van der Waals surface area (Å²) < 4.78 is 10.7. The summed E-state index contributed by atoms with van der Waals surface area (Å²) in [4.78, 5) is 4.93. The van der Waals surface area contributed by atoms with Crippen molar-refractivity contribution in [3.63, 3.8) is 0 Å². The Labute approximate surface area is 149 Å². The molecule has 0 saturated carbocycles. The lowest BCUT2D eigenvalue weighted by Gasteiger charge is -2.41. The second kappa shape index (κ2) is 7.66. The van der Waals surface area contributed by atoms with Gasteiger partial charge in [-0.3, -0.25) is 4.90 Å². The summed E-state index contributed by atoms with van der Waals surface area (Å²) in [5, 5.41) is 0. The number of methoxy groups -OCH3 is 2. The molecule has 1 fully saturated rings. The Kier molecular flexibility index (Phi) is 5.34. The lowest BCUT2D eigenvalue weighted by Crippen LogP contribution is -2.51. The van der Waals surface area contributed by atoms with Crippen LogP contribution in [0.2, 0.25) is 0 Å². The number of nitrogens with two attached hydrogens (primary N) is 1. The van der Waals surface area contributed by atoms with E-state index < -0.39 is 0 Å². The average molecular weight is 341 g/mol. The standard InChI is InChI=1S/C20H27N3O2/c1-15-13-23(18-7-5-17(21)6-8-18)11-10-22(15)14-16-4-9-19(24-2)20(12-16)25-3/h4-9,12,15H,10-11,13-14,21H2,1-3H3/t15-/m1/s1. The van der Waals surface area contributed by atoms with Crippen molar-refractivity contribution in [1.82, 2.24) is 4.90 Å². The first kappa shape index (κ1) is 17.4. The average Bonchev–Trinajstić information content (AvgIpc) is 2.64. The Morgan fingerprint density at radius 1 is 1.00 bits per heavy atom. The highest BCUT2D eigenvalue weighted by Gasteiger charge is 2.24. The summed E-state index contributed by atoms with van der Waals surface area (Å²) in [7, 11) is 3.34. The minimum atomic E-state index is 0.472. The molecule has 0 bridgehead atoms. The van der Waals surface area contributed by atoms with Crippen LogP contribution in [0.1, 0.15) is 12.5 Å². The van der Waals surface area contributed by atoms with Crippen molar-refractivity contribution in [2.75, 3.05) is 44.5 Å². The van der Waals surface area contributed by atoms with Gasteiger partial charge >= 0.3 is 0 Å². The third-order valence-electron chi connectivity index (χ3n) is 4.86. The Balaban J connectivity index is 1.65. The molecule has 0 aromatic heterocycles. The van der Waals surface area contributed by atoms with Crippen molar-refractivity contribution in [1.29, 1.82) is 0 Å². The number of hydrogen-bond donors (Lipinski definition) is 1. The first-order chi connectivity index (χ1) is 12.1. The van der Waals surface area contributed by atoms with Gasteiger partial charge in [-0.05, 0) is 48.9 Å². The third-order valence-corrected chi connectivity index (χ3v) is 4.86. The van der Waals surface area contributed by atoms with Gasteiger partial charge in [0.25, 0.3) is 0 Å². The fourth-order valence-corrected chi connectivity index (χ4v) is 3.36. The first-order valence-electron chi connectivity index (χ1n) is 8.66. The van der Waals surface area contributed by atoms with Crippen molar-refractivity contribution in [2.24, 2.45) is 0 Å². The summed E-state index contributed by atoms with van der Waals surface area (Å²) >= 11 is 0. The molecule has 1 aliphatic rings. The maximum Gasteiger partial charge on any atom is 0.161 e. The van der Waals surface area contributed by atoms with Gasteiger partial charge in [0.1, 0.15) is 0 Å². The zero-order chi connectivity index (χ0) is 17.8. The quantitative estimate of drug-likeness (QED) is 0.847. The molecule has 0 unspecified atom stereocenters. The van der Waals surface area contributed by atoms with E-state index >= 15 is 0 Å². The van der Waals surface area contributed by atoms with Crippen LogP contribution in [0.5, 0.6) is 11.5 Å². The number of nitrogens with zero attached hydrogens (tertiary/aromatic N) is 2. The van der Waals surface area contributed by atoms with Crippen LogP contribution in [0.25, 0.3) is 0 Å². The van der Waals surface area contributed by atoms with Crippen molar-refractivity contribution in [3.8, 4) is 11.5 Å². The van der Waals surface area contributed by atoms with E-state index in [0.29, 0.717) is 6.04 Å². The predicted molar refractivity (Wildman–Crippen MR) is 102 cm³/mol. The van der Waals surface area contributed by atoms with Crippen LogP contribution >= 0.6 is 0 Å². The van der Waals surface area contributed by atoms with Gasteiger partial charge in [-0.1, -0.05) is 6.07 Å². The number of benzene rings is 2. The van der Waals surface area contributed by atoms with E-state index in [2.05, 4.69) is 41.0 Å². The van der Waals surface area contributed by atoms with Gasteiger partial charge < -0.3 is 20.1 Å². The Bertz CT molecular complexity index is 703. The van der Waals surface area contributed by atoms with E-state index in [1.54, 1.807) is 14.2 Å². The minimum Gasteiger partial charge on any atom is -0.493 e. The Hall–Kier alpha value is -2.40. The minimum absolute atomic E-state index is 0.472. The number of ether oxygens (including phenoxy) is 2. The molecule has 2 N–H and O–H groups in total. The van der Waals surface area contributed by atoms with Crippen molar-refractivity contribution in [3.05, 3.63) is 48.0 Å². The molecule has 0 aliphatic carbocycles. The molecule has 3 rings (SSSR count). The van der Waals surface area contributed by atoms with Crippen LogP contribution in [0.15, 0.2) is 42.5 Å². The van der Waals surface area contributed by atoms with Crippen LogP contribution in [0.4, 0.5) is 11.4 Å². The lowest BCUT2D eigenvalue weighted by molar-refractivity contribution is 0.181. The smallest absolute Gasteiger partial charge is 0.161 e. The summed E-state index contributed by atoms with van der Waals surface area (Å²) in [6.45, 7) is 6.25. The van der Waals surface area contributed by atoms with Gasteiger partial charge in [0, 0.05) is 43.6 Å². The monoisotopic (exact) mass is 341 g/mol. The SMILES string of the molecule is COc1ccc(CN2CCN(c3ccc(N)cc3)C[C@H]2C)cc1OC. The number of nitrogen functional groups attached to an aromatic ring is 1. The summed E-state index contributed by atoms with van der Waals surface area (Å²) in [5.74, 6) is 1.56. The van der Waals surface area contributed by atoms with Crippen LogP contribution in [-0.2, 0) is 6.54 Å². The largest absolute Gasteiger partial charge is 0.493 e. The van der Waals surface area contributed by atoms with Gasteiger partial charge in [-0.2, -0.15) is 0 Å². The highest BCUT2D eigenvalue weighted by Crippen LogP contribution is 2.29. The number of piperazine rings is 1. The second-order valence-corrected chi connectivity index (χ2v) is 6.55. The third kappa shape index (κ3) is 3.99. The fourth-order valence-electron chi connectivity index (χ4n) is 3.36. The molecule has 1 saturated heterocycles. The number of rotatable bonds is 5. The molecule has 134 valence electrons.